The number of hydrogen-bond donors (Lipinski definition) is 1. The standard InChI is InChI=1S/C11H21N3/c1-6-7-12-10-13-8-9(14(10)5)11(2,3)4/h8H,6-7H2,1-5H3,(H,12,13). The normalized spacial score (nSPS) is 11.8. The first-order valence-electron chi connectivity index (χ1n) is 5.23. The van der Waals surface area contributed by atoms with Crippen molar-refractivity contribution in [2.45, 2.75) is 39.5 Å². The van der Waals surface area contributed by atoms with Crippen molar-refractivity contribution < 1.29 is 0 Å². The first-order valence-corrected chi connectivity index (χ1v) is 5.23. The van der Waals surface area contributed by atoms with E-state index in [9.17, 15) is 0 Å². The van der Waals surface area contributed by atoms with Gasteiger partial charge in [0.15, 0.2) is 0 Å². The van der Waals surface area contributed by atoms with Gasteiger partial charge < -0.3 is 9.88 Å². The van der Waals surface area contributed by atoms with E-state index in [1.807, 2.05) is 6.20 Å². The molecule has 0 amide bonds. The molecule has 1 aromatic rings. The summed E-state index contributed by atoms with van der Waals surface area (Å²) in [4.78, 5) is 4.37. The van der Waals surface area contributed by atoms with E-state index in [0.29, 0.717) is 0 Å². The van der Waals surface area contributed by atoms with Crippen LogP contribution in [0, 0.1) is 0 Å². The Bertz CT molecular complexity index is 294. The van der Waals surface area contributed by atoms with Crippen LogP contribution in [0.5, 0.6) is 0 Å². The summed E-state index contributed by atoms with van der Waals surface area (Å²) in [5, 5.41) is 3.31. The molecule has 1 rings (SSSR count). The zero-order chi connectivity index (χ0) is 10.8. The van der Waals surface area contributed by atoms with Crippen molar-refractivity contribution in [3.8, 4) is 0 Å². The van der Waals surface area contributed by atoms with Crippen LogP contribution in [0.25, 0.3) is 0 Å². The highest BCUT2D eigenvalue weighted by atomic mass is 15.2. The van der Waals surface area contributed by atoms with Crippen molar-refractivity contribution in [1.82, 2.24) is 9.55 Å². The van der Waals surface area contributed by atoms with Gasteiger partial charge in [0, 0.05) is 24.7 Å². The molecule has 14 heavy (non-hydrogen) atoms. The van der Waals surface area contributed by atoms with E-state index in [1.165, 1.54) is 5.69 Å². The van der Waals surface area contributed by atoms with Gasteiger partial charge in [-0.05, 0) is 6.42 Å². The van der Waals surface area contributed by atoms with Crippen molar-refractivity contribution in [2.24, 2.45) is 7.05 Å². The molecule has 3 nitrogen and oxygen atoms in total. The summed E-state index contributed by atoms with van der Waals surface area (Å²) in [5.41, 5.74) is 1.42. The third-order valence-corrected chi connectivity index (χ3v) is 2.29. The van der Waals surface area contributed by atoms with Gasteiger partial charge in [-0.3, -0.25) is 0 Å². The Morgan fingerprint density at radius 1 is 1.43 bits per heavy atom. The Balaban J connectivity index is 2.86. The highest BCUT2D eigenvalue weighted by Gasteiger charge is 2.19. The highest BCUT2D eigenvalue weighted by molar-refractivity contribution is 5.31. The number of anilines is 1. The number of hydrogen-bond acceptors (Lipinski definition) is 2. The molecule has 1 heterocycles. The Morgan fingerprint density at radius 3 is 2.50 bits per heavy atom. The van der Waals surface area contributed by atoms with Gasteiger partial charge >= 0.3 is 0 Å². The molecule has 1 N–H and O–H groups in total. The quantitative estimate of drug-likeness (QED) is 0.803. The molecule has 0 radical (unpaired) electrons. The highest BCUT2D eigenvalue weighted by Crippen LogP contribution is 2.23. The topological polar surface area (TPSA) is 29.9 Å². The van der Waals surface area contributed by atoms with E-state index in [4.69, 9.17) is 0 Å². The van der Waals surface area contributed by atoms with Gasteiger partial charge in [-0.2, -0.15) is 0 Å². The summed E-state index contributed by atoms with van der Waals surface area (Å²) in [6.07, 6.45) is 3.08. The summed E-state index contributed by atoms with van der Waals surface area (Å²) >= 11 is 0. The van der Waals surface area contributed by atoms with E-state index in [1.54, 1.807) is 0 Å². The Kier molecular flexibility index (Phi) is 3.19. The molecule has 0 unspecified atom stereocenters. The van der Waals surface area contributed by atoms with Gasteiger partial charge in [-0.1, -0.05) is 27.7 Å². The molecule has 80 valence electrons. The first kappa shape index (κ1) is 11.1. The lowest BCUT2D eigenvalue weighted by molar-refractivity contribution is 0.544. The second-order valence-corrected chi connectivity index (χ2v) is 4.70. The monoisotopic (exact) mass is 195 g/mol. The van der Waals surface area contributed by atoms with Crippen molar-refractivity contribution in [1.29, 1.82) is 0 Å². The van der Waals surface area contributed by atoms with Gasteiger partial charge in [-0.25, -0.2) is 4.98 Å². The fourth-order valence-corrected chi connectivity index (χ4v) is 1.51. The SMILES string of the molecule is CCCNc1ncc(C(C)(C)C)n1C. The van der Waals surface area contributed by atoms with Gasteiger partial charge in [0.2, 0.25) is 5.95 Å². The van der Waals surface area contributed by atoms with Gasteiger partial charge in [0.1, 0.15) is 0 Å². The number of nitrogens with zero attached hydrogens (tertiary/aromatic N) is 2. The second kappa shape index (κ2) is 4.03. The Hall–Kier alpha value is -0.990. The Morgan fingerprint density at radius 2 is 2.07 bits per heavy atom. The molecule has 0 spiro atoms. The predicted molar refractivity (Wildman–Crippen MR) is 60.7 cm³/mol. The van der Waals surface area contributed by atoms with E-state index in [-0.39, 0.29) is 5.41 Å². The van der Waals surface area contributed by atoms with E-state index in [0.717, 1.165) is 18.9 Å². The van der Waals surface area contributed by atoms with Gasteiger partial charge in [0.25, 0.3) is 0 Å². The lowest BCUT2D eigenvalue weighted by Gasteiger charge is -2.19. The minimum atomic E-state index is 0.161. The van der Waals surface area contributed by atoms with Crippen molar-refractivity contribution >= 4 is 5.95 Å². The van der Waals surface area contributed by atoms with Crippen LogP contribution in [-0.4, -0.2) is 16.1 Å². The molecule has 0 saturated carbocycles. The molecule has 0 fully saturated rings. The maximum atomic E-state index is 4.37. The zero-order valence-corrected chi connectivity index (χ0v) is 9.89. The van der Waals surface area contributed by atoms with Crippen LogP contribution >= 0.6 is 0 Å². The third-order valence-electron chi connectivity index (χ3n) is 2.29. The minimum Gasteiger partial charge on any atom is -0.356 e. The smallest absolute Gasteiger partial charge is 0.202 e. The van der Waals surface area contributed by atoms with Crippen molar-refractivity contribution in [3.63, 3.8) is 0 Å². The molecule has 0 aromatic carbocycles. The Labute approximate surface area is 86.5 Å². The largest absolute Gasteiger partial charge is 0.356 e. The van der Waals surface area contributed by atoms with Crippen molar-refractivity contribution in [3.05, 3.63) is 11.9 Å². The fourth-order valence-electron chi connectivity index (χ4n) is 1.51. The molecule has 0 aliphatic heterocycles. The number of nitrogens with one attached hydrogen (secondary N) is 1. The molecule has 0 atom stereocenters. The first-order chi connectivity index (χ1) is 6.46. The minimum absolute atomic E-state index is 0.161. The van der Waals surface area contributed by atoms with E-state index < -0.39 is 0 Å². The van der Waals surface area contributed by atoms with E-state index in [2.05, 4.69) is 49.6 Å². The van der Waals surface area contributed by atoms with Gasteiger partial charge in [-0.15, -0.1) is 0 Å². The van der Waals surface area contributed by atoms with Crippen LogP contribution in [0.3, 0.4) is 0 Å². The summed E-state index contributed by atoms with van der Waals surface area (Å²) in [5.74, 6) is 0.969. The second-order valence-electron chi connectivity index (χ2n) is 4.70. The summed E-state index contributed by atoms with van der Waals surface area (Å²) in [7, 11) is 2.06. The molecule has 0 saturated heterocycles. The van der Waals surface area contributed by atoms with Crippen LogP contribution in [0.15, 0.2) is 6.20 Å². The van der Waals surface area contributed by atoms with Crippen LogP contribution in [0.4, 0.5) is 5.95 Å². The maximum absolute atomic E-state index is 4.37. The van der Waals surface area contributed by atoms with Crippen molar-refractivity contribution in [2.75, 3.05) is 11.9 Å². The number of aromatic nitrogens is 2. The molecule has 1 aromatic heterocycles. The molecular weight excluding hydrogens is 174 g/mol. The molecular formula is C11H21N3. The van der Waals surface area contributed by atoms with Crippen LogP contribution in [0.1, 0.15) is 39.8 Å². The van der Waals surface area contributed by atoms with Crippen LogP contribution in [0.2, 0.25) is 0 Å². The lowest BCUT2D eigenvalue weighted by Crippen LogP contribution is -2.17. The average Bonchev–Trinajstić information content (AvgIpc) is 2.42. The maximum Gasteiger partial charge on any atom is 0.202 e. The number of imidazole rings is 1. The summed E-state index contributed by atoms with van der Waals surface area (Å²) in [6, 6.07) is 0. The number of rotatable bonds is 3. The third kappa shape index (κ3) is 2.28. The van der Waals surface area contributed by atoms with E-state index >= 15 is 0 Å². The van der Waals surface area contributed by atoms with Gasteiger partial charge in [0.05, 0.1) is 6.20 Å². The molecule has 0 aliphatic carbocycles. The summed E-state index contributed by atoms with van der Waals surface area (Å²) < 4.78 is 2.13. The molecule has 3 heteroatoms. The fraction of sp³-hybridized carbons (Fsp3) is 0.727. The molecule has 0 bridgehead atoms. The van der Waals surface area contributed by atoms with Crippen LogP contribution in [-0.2, 0) is 12.5 Å². The average molecular weight is 195 g/mol. The predicted octanol–water partition coefficient (Wildman–Crippen LogP) is 2.54. The zero-order valence-electron chi connectivity index (χ0n) is 9.89. The molecule has 0 aliphatic rings. The summed E-state index contributed by atoms with van der Waals surface area (Å²) in [6.45, 7) is 9.74. The lowest BCUT2D eigenvalue weighted by atomic mass is 9.93. The van der Waals surface area contributed by atoms with Crippen LogP contribution < -0.4 is 5.32 Å².